The molecule has 0 aliphatic carbocycles. The Morgan fingerprint density at radius 3 is 2.67 bits per heavy atom. The van der Waals surface area contributed by atoms with Gasteiger partial charge in [0.1, 0.15) is 0 Å². The van der Waals surface area contributed by atoms with Crippen molar-refractivity contribution in [3.05, 3.63) is 51.9 Å². The van der Waals surface area contributed by atoms with E-state index in [2.05, 4.69) is 10.3 Å². The van der Waals surface area contributed by atoms with E-state index in [-0.39, 0.29) is 23.6 Å². The summed E-state index contributed by atoms with van der Waals surface area (Å²) >= 11 is 2.03. The van der Waals surface area contributed by atoms with Gasteiger partial charge in [0.2, 0.25) is 6.41 Å². The largest absolute Gasteiger partial charge is 0.465 e. The van der Waals surface area contributed by atoms with Crippen molar-refractivity contribution < 1.29 is 23.1 Å². The molecule has 2 amide bonds. The van der Waals surface area contributed by atoms with Gasteiger partial charge in [0.25, 0.3) is 10.0 Å². The maximum absolute atomic E-state index is 13.1. The molecule has 0 aliphatic heterocycles. The zero-order chi connectivity index (χ0) is 21.9. The van der Waals surface area contributed by atoms with Crippen LogP contribution in [0.1, 0.15) is 12.0 Å². The van der Waals surface area contributed by atoms with Crippen molar-refractivity contribution >= 4 is 61.8 Å². The summed E-state index contributed by atoms with van der Waals surface area (Å²) in [5, 5.41) is 11.4. The molecule has 158 valence electrons. The molecule has 0 spiro atoms. The van der Waals surface area contributed by atoms with Crippen LogP contribution in [0.25, 0.3) is 11.0 Å². The molecule has 30 heavy (non-hydrogen) atoms. The Kier molecular flexibility index (Phi) is 6.61. The average molecular weight is 542 g/mol. The zero-order valence-electron chi connectivity index (χ0n) is 15.9. The Morgan fingerprint density at radius 1 is 1.33 bits per heavy atom. The van der Waals surface area contributed by atoms with E-state index in [4.69, 9.17) is 5.11 Å². The van der Waals surface area contributed by atoms with Crippen molar-refractivity contribution in [3.63, 3.8) is 0 Å². The third-order valence-electron chi connectivity index (χ3n) is 4.44. The number of aromatic nitrogens is 2. The van der Waals surface area contributed by atoms with Crippen LogP contribution >= 0.6 is 22.6 Å². The smallest absolute Gasteiger partial charge is 0.404 e. The van der Waals surface area contributed by atoms with Gasteiger partial charge in [0.15, 0.2) is 5.65 Å². The number of anilines is 1. The molecule has 0 bridgehead atoms. The van der Waals surface area contributed by atoms with Crippen LogP contribution in [-0.2, 0) is 14.8 Å². The van der Waals surface area contributed by atoms with Crippen molar-refractivity contribution in [3.8, 4) is 0 Å². The minimum Gasteiger partial charge on any atom is -0.465 e. The fourth-order valence-electron chi connectivity index (χ4n) is 2.88. The molecule has 2 heterocycles. The monoisotopic (exact) mass is 542 g/mol. The van der Waals surface area contributed by atoms with Gasteiger partial charge in [-0.05, 0) is 54.1 Å². The summed E-state index contributed by atoms with van der Waals surface area (Å²) in [6.45, 7) is 2.37. The van der Waals surface area contributed by atoms with E-state index >= 15 is 0 Å². The van der Waals surface area contributed by atoms with Gasteiger partial charge in [-0.2, -0.15) is 0 Å². The molecule has 2 N–H and O–H groups in total. The summed E-state index contributed by atoms with van der Waals surface area (Å²) in [5.41, 5.74) is 1.72. The van der Waals surface area contributed by atoms with Gasteiger partial charge >= 0.3 is 6.09 Å². The summed E-state index contributed by atoms with van der Waals surface area (Å²) < 4.78 is 28.0. The number of amides is 2. The number of rotatable bonds is 8. The highest BCUT2D eigenvalue weighted by Gasteiger charge is 2.22. The van der Waals surface area contributed by atoms with E-state index < -0.39 is 16.1 Å². The van der Waals surface area contributed by atoms with Gasteiger partial charge in [-0.15, -0.1) is 0 Å². The van der Waals surface area contributed by atoms with Gasteiger partial charge in [-0.3, -0.25) is 4.79 Å². The van der Waals surface area contributed by atoms with Crippen molar-refractivity contribution in [2.45, 2.75) is 18.2 Å². The van der Waals surface area contributed by atoms with Crippen LogP contribution in [0.2, 0.25) is 0 Å². The first-order chi connectivity index (χ1) is 14.2. The van der Waals surface area contributed by atoms with E-state index in [0.29, 0.717) is 27.5 Å². The number of fused-ring (bicyclic) bond motifs is 1. The minimum absolute atomic E-state index is 0.160. The second-order valence-electron chi connectivity index (χ2n) is 6.54. The molecule has 0 aliphatic rings. The van der Waals surface area contributed by atoms with Gasteiger partial charge in [-0.1, -0.05) is 17.7 Å². The third-order valence-corrected chi connectivity index (χ3v) is 6.96. The molecule has 3 aromatic rings. The Morgan fingerprint density at radius 2 is 2.03 bits per heavy atom. The number of nitrogens with one attached hydrogen (secondary N) is 1. The second-order valence-corrected chi connectivity index (χ2v) is 9.52. The van der Waals surface area contributed by atoms with E-state index in [1.54, 1.807) is 30.3 Å². The van der Waals surface area contributed by atoms with Crippen molar-refractivity contribution in [2.24, 2.45) is 0 Å². The van der Waals surface area contributed by atoms with Crippen molar-refractivity contribution in [1.29, 1.82) is 0 Å². The molecule has 0 atom stereocenters. The number of pyridine rings is 1. The van der Waals surface area contributed by atoms with Gasteiger partial charge in [0, 0.05) is 28.2 Å². The number of halogens is 1. The normalized spacial score (nSPS) is 11.4. The number of hydrogen-bond acceptors (Lipinski definition) is 5. The Labute approximate surface area is 186 Å². The van der Waals surface area contributed by atoms with Crippen LogP contribution < -0.4 is 10.2 Å². The summed E-state index contributed by atoms with van der Waals surface area (Å²) in [4.78, 5) is 27.9. The highest BCUT2D eigenvalue weighted by molar-refractivity contribution is 14.1. The van der Waals surface area contributed by atoms with E-state index in [1.807, 2.05) is 29.5 Å². The number of hydrogen-bond donors (Lipinski definition) is 2. The lowest BCUT2D eigenvalue weighted by Gasteiger charge is -2.17. The standard InChI is InChI=1S/C19H19IN4O5S/c1-13-3-5-15(6-4-13)30(28,29)24-11-17(20)16-9-14(10-22-18(16)24)23(12-25)8-2-7-21-19(26)27/h3-6,9-12,21H,2,7-8H2,1H3,(H,26,27). The predicted octanol–water partition coefficient (Wildman–Crippen LogP) is 2.81. The van der Waals surface area contributed by atoms with Gasteiger partial charge < -0.3 is 15.3 Å². The average Bonchev–Trinajstić information content (AvgIpc) is 3.05. The molecule has 0 saturated heterocycles. The topological polar surface area (TPSA) is 122 Å². The van der Waals surface area contributed by atoms with Gasteiger partial charge in [0.05, 0.1) is 16.8 Å². The molecule has 0 saturated carbocycles. The van der Waals surface area contributed by atoms with Crippen LogP contribution in [0.3, 0.4) is 0 Å². The molecular formula is C19H19IN4O5S. The first-order valence-electron chi connectivity index (χ1n) is 8.91. The van der Waals surface area contributed by atoms with Crippen molar-refractivity contribution in [2.75, 3.05) is 18.0 Å². The summed E-state index contributed by atoms with van der Waals surface area (Å²) in [6, 6.07) is 8.27. The lowest BCUT2D eigenvalue weighted by Crippen LogP contribution is -2.28. The Balaban J connectivity index is 1.93. The molecule has 0 radical (unpaired) electrons. The molecule has 2 aromatic heterocycles. The first-order valence-corrected chi connectivity index (χ1v) is 11.4. The van der Waals surface area contributed by atoms with E-state index in [0.717, 1.165) is 9.54 Å². The Bertz CT molecular complexity index is 1190. The van der Waals surface area contributed by atoms with Crippen LogP contribution in [-0.4, -0.2) is 48.1 Å². The summed E-state index contributed by atoms with van der Waals surface area (Å²) in [5.74, 6) is 0. The van der Waals surface area contributed by atoms with Crippen LogP contribution in [0.15, 0.2) is 47.6 Å². The van der Waals surface area contributed by atoms with Crippen LogP contribution in [0.4, 0.5) is 10.5 Å². The molecule has 11 heteroatoms. The fraction of sp³-hybridized carbons (Fsp3) is 0.211. The number of nitrogens with zero attached hydrogens (tertiary/aromatic N) is 3. The molecule has 9 nitrogen and oxygen atoms in total. The summed E-state index contributed by atoms with van der Waals surface area (Å²) in [6.07, 6.45) is 2.86. The maximum atomic E-state index is 13.1. The number of carboxylic acid groups (broad SMARTS) is 1. The number of benzene rings is 1. The van der Waals surface area contributed by atoms with Crippen LogP contribution in [0.5, 0.6) is 0 Å². The minimum atomic E-state index is -3.82. The second kappa shape index (κ2) is 9.00. The maximum Gasteiger partial charge on any atom is 0.404 e. The molecule has 1 aromatic carbocycles. The first kappa shape index (κ1) is 22.0. The summed E-state index contributed by atoms with van der Waals surface area (Å²) in [7, 11) is -3.82. The predicted molar refractivity (Wildman–Crippen MR) is 120 cm³/mol. The highest BCUT2D eigenvalue weighted by Crippen LogP contribution is 2.28. The lowest BCUT2D eigenvalue weighted by atomic mass is 10.2. The number of carbonyl (C=O) groups excluding carboxylic acids is 1. The molecule has 3 rings (SSSR count). The zero-order valence-corrected chi connectivity index (χ0v) is 18.9. The van der Waals surface area contributed by atoms with Crippen molar-refractivity contribution in [1.82, 2.24) is 14.3 Å². The fourth-order valence-corrected chi connectivity index (χ4v) is 5.07. The Hall–Kier alpha value is -2.67. The lowest BCUT2D eigenvalue weighted by molar-refractivity contribution is -0.107. The number of aryl methyl sites for hydroxylation is 1. The van der Waals surface area contributed by atoms with E-state index in [1.165, 1.54) is 17.3 Å². The quantitative estimate of drug-likeness (QED) is 0.257. The van der Waals surface area contributed by atoms with E-state index in [9.17, 15) is 18.0 Å². The highest BCUT2D eigenvalue weighted by atomic mass is 127. The molecule has 0 unspecified atom stereocenters. The third kappa shape index (κ3) is 4.56. The number of carbonyl (C=O) groups is 2. The molecular weight excluding hydrogens is 523 g/mol. The SMILES string of the molecule is Cc1ccc(S(=O)(=O)n2cc(I)c3cc(N(C=O)CCCNC(=O)O)cnc32)cc1. The van der Waals surface area contributed by atoms with Gasteiger partial charge in [-0.25, -0.2) is 22.2 Å². The van der Waals surface area contributed by atoms with Crippen LogP contribution in [0, 0.1) is 10.5 Å². The molecule has 0 fully saturated rings.